The second-order valence-corrected chi connectivity index (χ2v) is 6.25. The number of rotatable bonds is 4. The molecule has 24 heavy (non-hydrogen) atoms. The predicted octanol–water partition coefficient (Wildman–Crippen LogP) is 1.54. The zero-order valence-electron chi connectivity index (χ0n) is 13.6. The smallest absolute Gasteiger partial charge is 0.312 e. The summed E-state index contributed by atoms with van der Waals surface area (Å²) in [6, 6.07) is 7.36. The number of hydrogen-bond donors (Lipinski definition) is 0. The number of nitrogens with zero attached hydrogens (tertiary/aromatic N) is 1. The van der Waals surface area contributed by atoms with Gasteiger partial charge in [0.2, 0.25) is 5.91 Å². The minimum atomic E-state index is -0.750. The number of benzene rings is 1. The van der Waals surface area contributed by atoms with Crippen molar-refractivity contribution in [3.63, 3.8) is 0 Å². The Morgan fingerprint density at radius 2 is 2.21 bits per heavy atom. The molecule has 1 aromatic rings. The molecule has 1 aromatic carbocycles. The molecule has 2 fully saturated rings. The topological polar surface area (TPSA) is 65.1 Å². The molecule has 0 N–H and O–H groups in total. The Balaban J connectivity index is 1.71. The third-order valence-corrected chi connectivity index (χ3v) is 5.04. The summed E-state index contributed by atoms with van der Waals surface area (Å²) in [5.41, 5.74) is -0.0585. The third-order valence-electron chi connectivity index (χ3n) is 5.04. The molecule has 0 aliphatic carbocycles. The maximum atomic E-state index is 13.1. The first-order valence-corrected chi connectivity index (χ1v) is 8.09. The summed E-state index contributed by atoms with van der Waals surface area (Å²) in [5, 5.41) is 0. The molecule has 1 spiro atoms. The first-order chi connectivity index (χ1) is 11.6. The Labute approximate surface area is 140 Å². The minimum absolute atomic E-state index is 0.121. The molecule has 4 atom stereocenters. The van der Waals surface area contributed by atoms with E-state index in [0.717, 1.165) is 0 Å². The number of amides is 1. The molecule has 6 heteroatoms. The highest BCUT2D eigenvalue weighted by Crippen LogP contribution is 2.53. The standard InChI is InChI=1S/C18H19NO5/c1-3-23-17(21)14-13-8-9-18(24-13)10-19(16(20)15(14)18)11-6-4-5-7-12(11)22-2/h4-9,13-15H,3,10H2,1-2H3/t13-,14-,15-,18+/m1/s1. The van der Waals surface area contributed by atoms with Crippen molar-refractivity contribution in [2.45, 2.75) is 18.6 Å². The van der Waals surface area contributed by atoms with Gasteiger partial charge in [0.15, 0.2) is 0 Å². The molecule has 6 nitrogen and oxygen atoms in total. The van der Waals surface area contributed by atoms with Gasteiger partial charge in [0.25, 0.3) is 0 Å². The number of ether oxygens (including phenoxy) is 3. The number of carbonyl (C=O) groups excluding carboxylic acids is 2. The summed E-state index contributed by atoms with van der Waals surface area (Å²) in [6.45, 7) is 2.42. The van der Waals surface area contributed by atoms with Crippen molar-refractivity contribution < 1.29 is 23.8 Å². The molecule has 0 saturated carbocycles. The van der Waals surface area contributed by atoms with Crippen molar-refractivity contribution >= 4 is 17.6 Å². The summed E-state index contributed by atoms with van der Waals surface area (Å²) < 4.78 is 16.6. The predicted molar refractivity (Wildman–Crippen MR) is 85.7 cm³/mol. The van der Waals surface area contributed by atoms with Crippen molar-refractivity contribution in [1.29, 1.82) is 0 Å². The van der Waals surface area contributed by atoms with E-state index >= 15 is 0 Å². The summed E-state index contributed by atoms with van der Waals surface area (Å²) in [4.78, 5) is 27.1. The number of carbonyl (C=O) groups is 2. The van der Waals surface area contributed by atoms with Crippen molar-refractivity contribution in [3.8, 4) is 5.75 Å². The zero-order valence-corrected chi connectivity index (χ0v) is 13.6. The Bertz CT molecular complexity index is 730. The summed E-state index contributed by atoms with van der Waals surface area (Å²) in [6.07, 6.45) is 3.42. The first-order valence-electron chi connectivity index (χ1n) is 8.09. The monoisotopic (exact) mass is 329 g/mol. The normalized spacial score (nSPS) is 33.0. The van der Waals surface area contributed by atoms with Crippen LogP contribution in [0.25, 0.3) is 0 Å². The van der Waals surface area contributed by atoms with Gasteiger partial charge in [-0.3, -0.25) is 9.59 Å². The number of fused-ring (bicyclic) bond motifs is 1. The fourth-order valence-corrected chi connectivity index (χ4v) is 4.06. The maximum Gasteiger partial charge on any atom is 0.312 e. The zero-order chi connectivity index (χ0) is 16.9. The van der Waals surface area contributed by atoms with E-state index in [1.165, 1.54) is 0 Å². The molecule has 3 aliphatic rings. The molecule has 2 saturated heterocycles. The highest BCUT2D eigenvalue weighted by molar-refractivity contribution is 6.03. The van der Waals surface area contributed by atoms with Gasteiger partial charge < -0.3 is 19.1 Å². The van der Waals surface area contributed by atoms with Crippen LogP contribution in [0.2, 0.25) is 0 Å². The lowest BCUT2D eigenvalue weighted by molar-refractivity contribution is -0.151. The van der Waals surface area contributed by atoms with Crippen LogP contribution < -0.4 is 9.64 Å². The van der Waals surface area contributed by atoms with Crippen LogP contribution >= 0.6 is 0 Å². The average molecular weight is 329 g/mol. The lowest BCUT2D eigenvalue weighted by Crippen LogP contribution is -2.40. The van der Waals surface area contributed by atoms with E-state index in [1.54, 1.807) is 18.9 Å². The molecule has 2 bridgehead atoms. The number of methoxy groups -OCH3 is 1. The van der Waals surface area contributed by atoms with Crippen LogP contribution in [0.4, 0.5) is 5.69 Å². The van der Waals surface area contributed by atoms with Crippen molar-refractivity contribution in [1.82, 2.24) is 0 Å². The van der Waals surface area contributed by atoms with E-state index < -0.39 is 17.4 Å². The molecule has 4 rings (SSSR count). The second-order valence-electron chi connectivity index (χ2n) is 6.25. The van der Waals surface area contributed by atoms with E-state index in [2.05, 4.69) is 0 Å². The first kappa shape index (κ1) is 15.2. The van der Waals surface area contributed by atoms with Gasteiger partial charge in [-0.2, -0.15) is 0 Å². The average Bonchev–Trinajstić information content (AvgIpc) is 3.23. The minimum Gasteiger partial charge on any atom is -0.495 e. The van der Waals surface area contributed by atoms with Crippen molar-refractivity contribution in [2.24, 2.45) is 11.8 Å². The molecule has 1 amide bonds. The van der Waals surface area contributed by atoms with Gasteiger partial charge in [-0.1, -0.05) is 24.3 Å². The fourth-order valence-electron chi connectivity index (χ4n) is 4.06. The highest BCUT2D eigenvalue weighted by Gasteiger charge is 2.67. The number of anilines is 1. The maximum absolute atomic E-state index is 13.1. The van der Waals surface area contributed by atoms with E-state index in [0.29, 0.717) is 18.0 Å². The lowest BCUT2D eigenvalue weighted by atomic mass is 9.77. The van der Waals surface area contributed by atoms with Gasteiger partial charge in [0.1, 0.15) is 17.3 Å². The fraction of sp³-hybridized carbons (Fsp3) is 0.444. The Morgan fingerprint density at radius 1 is 1.42 bits per heavy atom. The van der Waals surface area contributed by atoms with Gasteiger partial charge in [0, 0.05) is 0 Å². The Hall–Kier alpha value is -2.34. The highest BCUT2D eigenvalue weighted by atomic mass is 16.6. The van der Waals surface area contributed by atoms with Crippen LogP contribution in [-0.2, 0) is 19.1 Å². The van der Waals surface area contributed by atoms with E-state index in [9.17, 15) is 9.59 Å². The van der Waals surface area contributed by atoms with E-state index in [1.807, 2.05) is 36.4 Å². The number of hydrogen-bond acceptors (Lipinski definition) is 5. The molecule has 0 radical (unpaired) electrons. The van der Waals surface area contributed by atoms with Crippen LogP contribution in [0, 0.1) is 11.8 Å². The van der Waals surface area contributed by atoms with Gasteiger partial charge >= 0.3 is 5.97 Å². The third kappa shape index (κ3) is 1.92. The van der Waals surface area contributed by atoms with Gasteiger partial charge in [-0.15, -0.1) is 0 Å². The van der Waals surface area contributed by atoms with Crippen LogP contribution in [0.15, 0.2) is 36.4 Å². The summed E-state index contributed by atoms with van der Waals surface area (Å²) in [7, 11) is 1.57. The lowest BCUT2D eigenvalue weighted by Gasteiger charge is -2.22. The van der Waals surface area contributed by atoms with Crippen LogP contribution in [0.3, 0.4) is 0 Å². The molecule has 3 heterocycles. The quantitative estimate of drug-likeness (QED) is 0.619. The SMILES string of the molecule is CCOC(=O)[C@@H]1[C@H]2C=C[C@@]3(CN(c4ccccc4OC)C(=O)[C@@H]13)O2. The van der Waals surface area contributed by atoms with Crippen molar-refractivity contribution in [3.05, 3.63) is 36.4 Å². The second kappa shape index (κ2) is 5.34. The number of para-hydroxylation sites is 2. The summed E-state index contributed by atoms with van der Waals surface area (Å²) in [5.74, 6) is -0.995. The van der Waals surface area contributed by atoms with Gasteiger partial charge in [-0.05, 0) is 19.1 Å². The van der Waals surface area contributed by atoms with Crippen molar-refractivity contribution in [2.75, 3.05) is 25.2 Å². The molecule has 0 aromatic heterocycles. The van der Waals surface area contributed by atoms with Gasteiger partial charge in [0.05, 0.1) is 38.0 Å². The molecular weight excluding hydrogens is 310 g/mol. The van der Waals surface area contributed by atoms with Crippen LogP contribution in [0.5, 0.6) is 5.75 Å². The Kier molecular flexibility index (Phi) is 3.38. The van der Waals surface area contributed by atoms with Gasteiger partial charge in [-0.25, -0.2) is 0 Å². The van der Waals surface area contributed by atoms with Crippen LogP contribution in [-0.4, -0.2) is 43.8 Å². The number of esters is 1. The largest absolute Gasteiger partial charge is 0.495 e. The molecule has 0 unspecified atom stereocenters. The molecular formula is C18H19NO5. The molecule has 126 valence electrons. The summed E-state index contributed by atoms with van der Waals surface area (Å²) >= 11 is 0. The van der Waals surface area contributed by atoms with E-state index in [-0.39, 0.29) is 24.6 Å². The molecule has 3 aliphatic heterocycles. The Morgan fingerprint density at radius 3 is 2.96 bits per heavy atom. The van der Waals surface area contributed by atoms with E-state index in [4.69, 9.17) is 14.2 Å². The van der Waals surface area contributed by atoms with Crippen LogP contribution in [0.1, 0.15) is 6.92 Å².